The third-order valence-electron chi connectivity index (χ3n) is 5.08. The molecule has 1 saturated carbocycles. The summed E-state index contributed by atoms with van der Waals surface area (Å²) < 4.78 is 0. The first-order valence-corrected chi connectivity index (χ1v) is 9.92. The monoisotopic (exact) mass is 383 g/mol. The number of aryl methyl sites for hydroxylation is 1. The highest BCUT2D eigenvalue weighted by Gasteiger charge is 2.26. The molecule has 3 heterocycles. The Hall–Kier alpha value is -2.45. The highest BCUT2D eigenvalue weighted by Crippen LogP contribution is 2.30. The fraction of sp³-hybridized carbons (Fsp3) is 0.421. The number of nitrogens with one attached hydrogen (secondary N) is 1. The Morgan fingerprint density at radius 2 is 1.93 bits per heavy atom. The minimum Gasteiger partial charge on any atom is -0.396 e. The number of carbonyl (C=O) groups is 1. The minimum absolute atomic E-state index is 0.00673. The van der Waals surface area contributed by atoms with Crippen molar-refractivity contribution < 1.29 is 9.90 Å². The second-order valence-corrected chi connectivity index (χ2v) is 8.18. The van der Waals surface area contributed by atoms with Crippen LogP contribution in [0.1, 0.15) is 30.7 Å². The van der Waals surface area contributed by atoms with Gasteiger partial charge in [-0.3, -0.25) is 9.78 Å². The molecule has 7 nitrogen and oxygen atoms in total. The van der Waals surface area contributed by atoms with Gasteiger partial charge in [-0.1, -0.05) is 11.3 Å². The van der Waals surface area contributed by atoms with Crippen LogP contribution in [0, 0.1) is 18.8 Å². The van der Waals surface area contributed by atoms with Gasteiger partial charge in [0.2, 0.25) is 5.91 Å². The van der Waals surface area contributed by atoms with Crippen molar-refractivity contribution in [3.63, 3.8) is 0 Å². The van der Waals surface area contributed by atoms with Gasteiger partial charge in [0.25, 0.3) is 0 Å². The molecular formula is C19H21N5O2S. The molecule has 8 heteroatoms. The van der Waals surface area contributed by atoms with E-state index in [1.165, 1.54) is 11.3 Å². The van der Waals surface area contributed by atoms with Crippen molar-refractivity contribution in [2.24, 2.45) is 11.8 Å². The van der Waals surface area contributed by atoms with E-state index in [-0.39, 0.29) is 18.4 Å². The van der Waals surface area contributed by atoms with Crippen LogP contribution in [0.15, 0.2) is 24.5 Å². The summed E-state index contributed by atoms with van der Waals surface area (Å²) in [6.45, 7) is 2.12. The van der Waals surface area contributed by atoms with Crippen molar-refractivity contribution in [2.75, 3.05) is 11.9 Å². The van der Waals surface area contributed by atoms with Crippen molar-refractivity contribution >= 4 is 33.8 Å². The quantitative estimate of drug-likeness (QED) is 0.717. The van der Waals surface area contributed by atoms with Gasteiger partial charge in [-0.15, -0.1) is 10.2 Å². The number of aliphatic hydroxyl groups excluding tert-OH is 1. The number of aliphatic hydroxyl groups is 1. The van der Waals surface area contributed by atoms with Crippen LogP contribution in [0.5, 0.6) is 0 Å². The van der Waals surface area contributed by atoms with Gasteiger partial charge in [0, 0.05) is 30.3 Å². The van der Waals surface area contributed by atoms with E-state index in [1.807, 2.05) is 19.1 Å². The van der Waals surface area contributed by atoms with Gasteiger partial charge in [0.1, 0.15) is 16.5 Å². The molecule has 3 aromatic heterocycles. The zero-order chi connectivity index (χ0) is 18.8. The van der Waals surface area contributed by atoms with Gasteiger partial charge in [0.05, 0.1) is 0 Å². The fourth-order valence-corrected chi connectivity index (χ4v) is 4.12. The van der Waals surface area contributed by atoms with Crippen LogP contribution in [-0.2, 0) is 4.79 Å². The molecular weight excluding hydrogens is 362 g/mol. The summed E-state index contributed by atoms with van der Waals surface area (Å²) in [6.07, 6.45) is 6.90. The Bertz CT molecular complexity index is 966. The first-order valence-electron chi connectivity index (χ1n) is 9.10. The van der Waals surface area contributed by atoms with Crippen LogP contribution >= 0.6 is 11.3 Å². The van der Waals surface area contributed by atoms with Crippen molar-refractivity contribution in [3.8, 4) is 10.7 Å². The predicted molar refractivity (Wildman–Crippen MR) is 104 cm³/mol. The molecule has 3 aromatic rings. The number of amides is 1. The van der Waals surface area contributed by atoms with Crippen LogP contribution in [0.2, 0.25) is 0 Å². The number of rotatable bonds is 4. The maximum Gasteiger partial charge on any atom is 0.228 e. The maximum atomic E-state index is 12.5. The van der Waals surface area contributed by atoms with Gasteiger partial charge < -0.3 is 10.4 Å². The summed E-state index contributed by atoms with van der Waals surface area (Å²) in [4.78, 5) is 21.3. The Balaban J connectivity index is 1.51. The summed E-state index contributed by atoms with van der Waals surface area (Å²) >= 11 is 1.50. The zero-order valence-electron chi connectivity index (χ0n) is 15.1. The molecule has 0 radical (unpaired) electrons. The number of hydrogen-bond acceptors (Lipinski definition) is 7. The molecule has 2 N–H and O–H groups in total. The smallest absolute Gasteiger partial charge is 0.228 e. The second-order valence-electron chi connectivity index (χ2n) is 7.00. The van der Waals surface area contributed by atoms with E-state index >= 15 is 0 Å². The topological polar surface area (TPSA) is 101 Å². The van der Waals surface area contributed by atoms with Gasteiger partial charge in [-0.05, 0) is 56.0 Å². The number of hydrogen-bond donors (Lipinski definition) is 2. The van der Waals surface area contributed by atoms with E-state index in [0.717, 1.165) is 52.2 Å². The average molecular weight is 383 g/mol. The molecule has 1 fully saturated rings. The van der Waals surface area contributed by atoms with Gasteiger partial charge in [-0.25, -0.2) is 4.98 Å². The van der Waals surface area contributed by atoms with Crippen LogP contribution < -0.4 is 5.32 Å². The Morgan fingerprint density at radius 1 is 1.15 bits per heavy atom. The zero-order valence-corrected chi connectivity index (χ0v) is 15.9. The van der Waals surface area contributed by atoms with Gasteiger partial charge in [0.15, 0.2) is 5.01 Å². The van der Waals surface area contributed by atoms with E-state index in [1.54, 1.807) is 12.4 Å². The molecule has 0 spiro atoms. The van der Waals surface area contributed by atoms with Crippen LogP contribution in [0.4, 0.5) is 5.82 Å². The minimum atomic E-state index is -0.0114. The van der Waals surface area contributed by atoms with E-state index < -0.39 is 0 Å². The third-order valence-corrected chi connectivity index (χ3v) is 5.94. The number of fused-ring (bicyclic) bond motifs is 1. The highest BCUT2D eigenvalue weighted by molar-refractivity contribution is 7.14. The molecule has 4 rings (SSSR count). The lowest BCUT2D eigenvalue weighted by atomic mass is 9.82. The standard InChI is InChI=1S/C19H21N5O2S/c1-11-23-24-19(27-11)16-6-14-7-17(21-9-15(14)8-20-16)22-18(26)13-4-2-12(10-25)3-5-13/h6-9,12-13,25H,2-5,10H2,1H3,(H,21,22,26). The summed E-state index contributed by atoms with van der Waals surface area (Å²) in [5.41, 5.74) is 0.763. The Kier molecular flexibility index (Phi) is 5.09. The van der Waals surface area contributed by atoms with Crippen molar-refractivity contribution in [1.82, 2.24) is 20.2 Å². The predicted octanol–water partition coefficient (Wildman–Crippen LogP) is 3.19. The summed E-state index contributed by atoms with van der Waals surface area (Å²) in [5.74, 6) is 0.875. The third kappa shape index (κ3) is 3.96. The number of nitrogens with zero attached hydrogens (tertiary/aromatic N) is 4. The molecule has 0 bridgehead atoms. The number of pyridine rings is 2. The highest BCUT2D eigenvalue weighted by atomic mass is 32.1. The molecule has 1 amide bonds. The normalized spacial score (nSPS) is 19.9. The molecule has 0 aromatic carbocycles. The largest absolute Gasteiger partial charge is 0.396 e. The van der Waals surface area contributed by atoms with Crippen molar-refractivity contribution in [1.29, 1.82) is 0 Å². The molecule has 27 heavy (non-hydrogen) atoms. The Morgan fingerprint density at radius 3 is 2.63 bits per heavy atom. The molecule has 1 aliphatic carbocycles. The summed E-state index contributed by atoms with van der Waals surface area (Å²) in [5, 5.41) is 23.9. The number of aromatic nitrogens is 4. The summed E-state index contributed by atoms with van der Waals surface area (Å²) in [7, 11) is 0. The lowest BCUT2D eigenvalue weighted by Gasteiger charge is -2.26. The summed E-state index contributed by atoms with van der Waals surface area (Å²) in [6, 6.07) is 3.81. The first kappa shape index (κ1) is 17.9. The van der Waals surface area contributed by atoms with Crippen LogP contribution in [0.25, 0.3) is 21.5 Å². The lowest BCUT2D eigenvalue weighted by molar-refractivity contribution is -0.121. The van der Waals surface area contributed by atoms with E-state index in [2.05, 4.69) is 25.5 Å². The maximum absolute atomic E-state index is 12.5. The number of anilines is 1. The molecule has 0 unspecified atom stereocenters. The van der Waals surface area contributed by atoms with Crippen molar-refractivity contribution in [3.05, 3.63) is 29.5 Å². The van der Waals surface area contributed by atoms with Gasteiger partial charge >= 0.3 is 0 Å². The molecule has 1 aliphatic rings. The fourth-order valence-electron chi connectivity index (χ4n) is 3.46. The Labute approximate surface area is 160 Å². The second kappa shape index (κ2) is 7.66. The molecule has 0 atom stereocenters. The number of carbonyl (C=O) groups excluding carboxylic acids is 1. The molecule has 0 aliphatic heterocycles. The van der Waals surface area contributed by atoms with E-state index in [4.69, 9.17) is 0 Å². The molecule has 140 valence electrons. The van der Waals surface area contributed by atoms with E-state index in [9.17, 15) is 9.90 Å². The van der Waals surface area contributed by atoms with Crippen LogP contribution in [-0.4, -0.2) is 37.8 Å². The van der Waals surface area contributed by atoms with Crippen molar-refractivity contribution in [2.45, 2.75) is 32.6 Å². The van der Waals surface area contributed by atoms with Crippen LogP contribution in [0.3, 0.4) is 0 Å². The SMILES string of the molecule is Cc1nnc(-c2cc3cc(NC(=O)C4CCC(CO)CC4)ncc3cn2)s1. The molecule has 0 saturated heterocycles. The lowest BCUT2D eigenvalue weighted by Crippen LogP contribution is -2.28. The average Bonchev–Trinajstić information content (AvgIpc) is 3.14. The van der Waals surface area contributed by atoms with E-state index in [0.29, 0.717) is 11.7 Å². The first-order chi connectivity index (χ1) is 13.1. The van der Waals surface area contributed by atoms with Gasteiger partial charge in [-0.2, -0.15) is 0 Å².